The number of ether oxygens (including phenoxy) is 1. The standard InChI is InChI=1S/C51H43N13O12S6/c1-5-23-46-60-28(14-79-46)41(70)56-25-10-33(67)50(74)76-11-21-7-6-8-24-34(21)18(2)35(54-24)51(75)82-17-31(57-42(71)29-15-80-47(25)61-29)48-58-26(12-78-48)37-22(45-59-30(13-77-45)43(72)64-36(20(4)65)44(73)55-23)9-32(66)38(63-37)49-62-27(16-81-49)40(69)53-19(3)39(52)68/h5-9,12-16,20,25,31,33,36,54,65-67H,3,10-11,17H2,1-2,4H3,(H2,52,68)(H,53,69)(H,55,73)(H,56,70)(H,57,71)(H,64,72)/b23-5-/t20-,25-,31-,33-,36-/m0/s1. The average Bonchev–Trinajstić information content (AvgIpc) is 4.37. The molecule has 8 aromatic rings. The summed E-state index contributed by atoms with van der Waals surface area (Å²) in [4.78, 5) is 140. The SMILES string of the molecule is C=C(NC(=O)c1csc(-c2nc3c(cc2O)-c2nc(cs2)C(=O)N[C@@H]([C@H](C)O)C(=O)N/C(=C\C)c2nc(cs2)C(=O)N[C@H]2C[C@H](O)C(=O)OCc4cccc5[nH]c(c(C)c45)C(=O)SC[C@H](NC(=O)c4csc2n4)c2nc-3cs2)n1)C(N)=O. The smallest absolute Gasteiger partial charge is 0.335 e. The number of carbonyl (C=O) groups excluding carboxylic acids is 8. The lowest BCUT2D eigenvalue weighted by atomic mass is 10.1. The number of nitrogens with one attached hydrogen (secondary N) is 6. The molecule has 5 atom stereocenters. The van der Waals surface area contributed by atoms with Gasteiger partial charge >= 0.3 is 5.97 Å². The maximum atomic E-state index is 14.5. The normalized spacial score (nSPS) is 19.2. The van der Waals surface area contributed by atoms with E-state index in [0.29, 0.717) is 22.0 Å². The Morgan fingerprint density at radius 1 is 0.817 bits per heavy atom. The van der Waals surface area contributed by atoms with Gasteiger partial charge in [0, 0.05) is 55.5 Å². The van der Waals surface area contributed by atoms with E-state index in [1.54, 1.807) is 37.4 Å². The van der Waals surface area contributed by atoms with Gasteiger partial charge in [0.1, 0.15) is 83.3 Å². The van der Waals surface area contributed by atoms with Crippen LogP contribution in [-0.2, 0) is 25.7 Å². The Bertz CT molecular complexity index is 3990. The van der Waals surface area contributed by atoms with Crippen LogP contribution in [0.5, 0.6) is 5.75 Å². The fourth-order valence-electron chi connectivity index (χ4n) is 8.44. The van der Waals surface area contributed by atoms with Gasteiger partial charge in [0.2, 0.25) is 11.0 Å². The Hall–Kier alpha value is -8.43. The number of rotatable bonds is 5. The molecule has 6 amide bonds. The van der Waals surface area contributed by atoms with Crippen molar-refractivity contribution in [2.75, 3.05) is 5.75 Å². The zero-order valence-corrected chi connectivity index (χ0v) is 47.6. The first kappa shape index (κ1) is 56.8. The number of benzene rings is 1. The zero-order valence-electron chi connectivity index (χ0n) is 42.7. The summed E-state index contributed by atoms with van der Waals surface area (Å²) in [6, 6.07) is 2.64. The van der Waals surface area contributed by atoms with E-state index in [2.05, 4.69) is 58.1 Å². The van der Waals surface area contributed by atoms with Gasteiger partial charge in [0.25, 0.3) is 29.5 Å². The number of aryl methyl sites for hydroxylation is 1. The summed E-state index contributed by atoms with van der Waals surface area (Å²) in [5.74, 6) is -6.66. The molecule has 0 fully saturated rings. The van der Waals surface area contributed by atoms with Crippen molar-refractivity contribution in [1.82, 2.24) is 61.5 Å². The molecule has 7 aromatic heterocycles. The van der Waals surface area contributed by atoms with Crippen LogP contribution in [0, 0.1) is 6.92 Å². The van der Waals surface area contributed by atoms with E-state index in [4.69, 9.17) is 20.4 Å². The predicted molar refractivity (Wildman–Crippen MR) is 305 cm³/mol. The van der Waals surface area contributed by atoms with E-state index >= 15 is 0 Å². The summed E-state index contributed by atoms with van der Waals surface area (Å²) in [5.41, 5.74) is 6.39. The van der Waals surface area contributed by atoms with Crippen molar-refractivity contribution >= 4 is 132 Å². The average molecular weight is 1220 g/mol. The summed E-state index contributed by atoms with van der Waals surface area (Å²) < 4.78 is 5.63. The third kappa shape index (κ3) is 11.7. The number of aromatic amines is 1. The van der Waals surface area contributed by atoms with Crippen LogP contribution >= 0.6 is 68.4 Å². The first-order valence-corrected chi connectivity index (χ1v) is 29.7. The maximum absolute atomic E-state index is 14.5. The second kappa shape index (κ2) is 23.6. The van der Waals surface area contributed by atoms with E-state index < -0.39 is 89.0 Å². The molecule has 2 aliphatic heterocycles. The van der Waals surface area contributed by atoms with E-state index in [1.807, 2.05) is 0 Å². The largest absolute Gasteiger partial charge is 0.506 e. The fourth-order valence-corrected chi connectivity index (χ4v) is 13.6. The van der Waals surface area contributed by atoms with E-state index in [9.17, 15) is 53.7 Å². The van der Waals surface area contributed by atoms with Crippen molar-refractivity contribution < 1.29 is 58.4 Å². The minimum absolute atomic E-state index is 0.0405. The molecule has 2 aliphatic rings. The van der Waals surface area contributed by atoms with E-state index in [0.717, 1.165) is 68.4 Å². The van der Waals surface area contributed by atoms with Gasteiger partial charge < -0.3 is 57.4 Å². The number of esters is 1. The van der Waals surface area contributed by atoms with Crippen LogP contribution in [0.1, 0.15) is 111 Å². The lowest BCUT2D eigenvalue weighted by Crippen LogP contribution is -2.52. The number of thiazole rings is 5. The molecule has 31 heteroatoms. The van der Waals surface area contributed by atoms with E-state index in [1.165, 1.54) is 40.6 Å². The van der Waals surface area contributed by atoms with Gasteiger partial charge in [-0.3, -0.25) is 33.6 Å². The summed E-state index contributed by atoms with van der Waals surface area (Å²) in [6.45, 7) is 7.74. The molecule has 0 saturated carbocycles. The summed E-state index contributed by atoms with van der Waals surface area (Å²) in [7, 11) is 0. The van der Waals surface area contributed by atoms with Crippen LogP contribution in [0.2, 0.25) is 0 Å². The number of hydrogen-bond donors (Lipinski definition) is 10. The number of aliphatic hydroxyl groups excluding tert-OH is 2. The number of fused-ring (bicyclic) bond motifs is 13. The molecule has 420 valence electrons. The number of aliphatic hydroxyl groups is 2. The number of hydrogen-bond acceptors (Lipinski definition) is 24. The first-order chi connectivity index (χ1) is 39.2. The molecule has 0 spiro atoms. The van der Waals surface area contributed by atoms with Crippen LogP contribution in [0.15, 0.2) is 69.5 Å². The van der Waals surface area contributed by atoms with Crippen molar-refractivity contribution in [3.05, 3.63) is 124 Å². The van der Waals surface area contributed by atoms with Crippen LogP contribution in [0.25, 0.3) is 49.3 Å². The molecule has 82 heavy (non-hydrogen) atoms. The van der Waals surface area contributed by atoms with Gasteiger partial charge in [-0.05, 0) is 44.0 Å². The second-order valence-electron chi connectivity index (χ2n) is 18.2. The number of nitrogens with two attached hydrogens (primary N) is 1. The van der Waals surface area contributed by atoms with Crippen LogP contribution < -0.4 is 32.3 Å². The predicted octanol–water partition coefficient (Wildman–Crippen LogP) is 4.88. The maximum Gasteiger partial charge on any atom is 0.335 e. The highest BCUT2D eigenvalue weighted by Gasteiger charge is 2.33. The molecule has 10 rings (SSSR count). The molecule has 25 nitrogen and oxygen atoms in total. The molecule has 9 heterocycles. The number of allylic oxidation sites excluding steroid dienone is 1. The molecule has 12 bridgehead atoms. The van der Waals surface area contributed by atoms with Gasteiger partial charge in [0.15, 0.2) is 6.10 Å². The van der Waals surface area contributed by atoms with Crippen molar-refractivity contribution in [3.63, 3.8) is 0 Å². The van der Waals surface area contributed by atoms with Crippen LogP contribution in [0.4, 0.5) is 0 Å². The quantitative estimate of drug-likeness (QED) is 0.0810. The molecule has 0 saturated heterocycles. The summed E-state index contributed by atoms with van der Waals surface area (Å²) in [6.07, 6.45) is -2.29. The highest BCUT2D eigenvalue weighted by atomic mass is 32.2. The summed E-state index contributed by atoms with van der Waals surface area (Å²) in [5, 5.41) is 55.1. The van der Waals surface area contributed by atoms with Gasteiger partial charge in [-0.1, -0.05) is 36.5 Å². The number of carbonyl (C=O) groups is 8. The second-order valence-corrected chi connectivity index (χ2v) is 23.5. The topological polar surface area (TPSA) is 386 Å². The Morgan fingerprint density at radius 3 is 2.17 bits per heavy atom. The minimum Gasteiger partial charge on any atom is -0.506 e. The van der Waals surface area contributed by atoms with Gasteiger partial charge in [-0.2, -0.15) is 0 Å². The van der Waals surface area contributed by atoms with Crippen molar-refractivity contribution in [3.8, 4) is 38.4 Å². The molecule has 1 aromatic carbocycles. The number of aromatic hydroxyl groups is 1. The van der Waals surface area contributed by atoms with Crippen molar-refractivity contribution in [2.24, 2.45) is 5.73 Å². The number of aromatic nitrogens is 7. The molecule has 0 aliphatic carbocycles. The van der Waals surface area contributed by atoms with Gasteiger partial charge in [-0.25, -0.2) is 34.7 Å². The highest BCUT2D eigenvalue weighted by Crippen LogP contribution is 2.42. The Labute approximate surface area is 486 Å². The lowest BCUT2D eigenvalue weighted by Gasteiger charge is -2.21. The molecule has 0 unspecified atom stereocenters. The fraction of sp³-hybridized carbons (Fsp3) is 0.216. The number of pyridine rings is 1. The Morgan fingerprint density at radius 2 is 1.45 bits per heavy atom. The monoisotopic (exact) mass is 1220 g/mol. The molecular formula is C51H43N13O12S6. The number of amides is 6. The minimum atomic E-state index is -1.84. The molecular weight excluding hydrogens is 1180 g/mol. The number of thioether (sulfide) groups is 1. The first-order valence-electron chi connectivity index (χ1n) is 24.3. The van der Waals surface area contributed by atoms with Crippen molar-refractivity contribution in [2.45, 2.75) is 64.1 Å². The molecule has 0 radical (unpaired) electrons. The highest BCUT2D eigenvalue weighted by molar-refractivity contribution is 8.14. The Kier molecular flexibility index (Phi) is 16.3. The number of nitrogens with zero attached hydrogens (tertiary/aromatic N) is 6. The zero-order chi connectivity index (χ0) is 58.3. The molecule has 11 N–H and O–H groups in total. The third-order valence-corrected chi connectivity index (χ3v) is 18.1. The van der Waals surface area contributed by atoms with Crippen LogP contribution in [0.3, 0.4) is 0 Å². The lowest BCUT2D eigenvalue weighted by molar-refractivity contribution is -0.155. The number of cyclic esters (lactones) is 1. The number of H-pyrrole nitrogens is 1. The van der Waals surface area contributed by atoms with Crippen molar-refractivity contribution in [1.29, 1.82) is 0 Å². The van der Waals surface area contributed by atoms with Crippen LogP contribution in [-0.4, -0.2) is 121 Å². The Balaban J connectivity index is 1.11. The third-order valence-electron chi connectivity index (χ3n) is 12.6. The summed E-state index contributed by atoms with van der Waals surface area (Å²) >= 11 is 5.73. The van der Waals surface area contributed by atoms with Gasteiger partial charge in [-0.15, -0.1) is 56.7 Å². The van der Waals surface area contributed by atoms with E-state index in [-0.39, 0.29) is 99.9 Å². The number of primary amides is 1. The van der Waals surface area contributed by atoms with Gasteiger partial charge in [0.05, 0.1) is 35.3 Å².